The largest absolute Gasteiger partial charge is 0.370 e. The fourth-order valence-corrected chi connectivity index (χ4v) is 2.36. The van der Waals surface area contributed by atoms with E-state index in [1.54, 1.807) is 0 Å². The van der Waals surface area contributed by atoms with Crippen LogP contribution in [0.4, 0.5) is 5.82 Å². The van der Waals surface area contributed by atoms with Crippen molar-refractivity contribution in [2.75, 3.05) is 11.9 Å². The zero-order chi connectivity index (χ0) is 13.1. The van der Waals surface area contributed by atoms with Gasteiger partial charge in [-0.2, -0.15) is 0 Å². The molecule has 0 aliphatic carbocycles. The molecule has 0 bridgehead atoms. The van der Waals surface area contributed by atoms with Crippen molar-refractivity contribution in [2.45, 2.75) is 41.0 Å². The lowest BCUT2D eigenvalue weighted by molar-refractivity contribution is 0.306. The van der Waals surface area contributed by atoms with Gasteiger partial charge in [0.05, 0.1) is 0 Å². The Bertz CT molecular complexity index is 372. The van der Waals surface area contributed by atoms with Gasteiger partial charge in [0.25, 0.3) is 0 Å². The summed E-state index contributed by atoms with van der Waals surface area (Å²) >= 11 is 3.46. The number of pyridine rings is 1. The average molecular weight is 299 g/mol. The molecule has 0 spiro atoms. The number of anilines is 1. The molecule has 1 N–H and O–H groups in total. The highest BCUT2D eigenvalue weighted by molar-refractivity contribution is 9.10. The van der Waals surface area contributed by atoms with Crippen molar-refractivity contribution in [3.63, 3.8) is 0 Å². The molecule has 0 amide bonds. The summed E-state index contributed by atoms with van der Waals surface area (Å²) in [6, 6.07) is 2.08. The molecular weight excluding hydrogens is 276 g/mol. The fourth-order valence-electron chi connectivity index (χ4n) is 2.14. The minimum Gasteiger partial charge on any atom is -0.370 e. The zero-order valence-corrected chi connectivity index (χ0v) is 13.1. The van der Waals surface area contributed by atoms with Gasteiger partial charge >= 0.3 is 0 Å². The smallest absolute Gasteiger partial charge is 0.126 e. The summed E-state index contributed by atoms with van der Waals surface area (Å²) < 4.78 is 1.06. The molecule has 0 atom stereocenters. The van der Waals surface area contributed by atoms with Crippen LogP contribution < -0.4 is 5.32 Å². The molecule has 1 heterocycles. The molecule has 0 radical (unpaired) electrons. The van der Waals surface area contributed by atoms with E-state index in [2.05, 4.69) is 66.9 Å². The second-order valence-corrected chi connectivity index (χ2v) is 6.79. The van der Waals surface area contributed by atoms with Gasteiger partial charge in [-0.25, -0.2) is 4.98 Å². The third-order valence-corrected chi connectivity index (χ3v) is 3.59. The molecule has 17 heavy (non-hydrogen) atoms. The highest BCUT2D eigenvalue weighted by Crippen LogP contribution is 2.26. The summed E-state index contributed by atoms with van der Waals surface area (Å²) in [5.41, 5.74) is 1.51. The van der Waals surface area contributed by atoms with Crippen LogP contribution in [0.5, 0.6) is 0 Å². The van der Waals surface area contributed by atoms with Crippen molar-refractivity contribution >= 4 is 21.7 Å². The molecule has 1 aromatic rings. The van der Waals surface area contributed by atoms with Crippen molar-refractivity contribution in [3.05, 3.63) is 22.3 Å². The summed E-state index contributed by atoms with van der Waals surface area (Å²) in [5.74, 6) is 1.69. The number of aryl methyl sites for hydroxylation is 1. The van der Waals surface area contributed by atoms with Crippen LogP contribution in [0.1, 0.15) is 39.7 Å². The third-order valence-electron chi connectivity index (χ3n) is 2.76. The van der Waals surface area contributed by atoms with Crippen molar-refractivity contribution in [1.82, 2.24) is 4.98 Å². The van der Waals surface area contributed by atoms with Crippen LogP contribution in [0.15, 0.2) is 16.7 Å². The van der Waals surface area contributed by atoms with Gasteiger partial charge in [0.15, 0.2) is 0 Å². The summed E-state index contributed by atoms with van der Waals surface area (Å²) in [7, 11) is 0. The van der Waals surface area contributed by atoms with E-state index in [-0.39, 0.29) is 0 Å². The molecule has 96 valence electrons. The lowest BCUT2D eigenvalue weighted by atomic mass is 9.84. The van der Waals surface area contributed by atoms with Gasteiger partial charge in [-0.3, -0.25) is 0 Å². The SMILES string of the molecule is Cc1cc(NCC(C)(C)CC(C)C)ncc1Br. The van der Waals surface area contributed by atoms with E-state index in [1.165, 1.54) is 12.0 Å². The highest BCUT2D eigenvalue weighted by atomic mass is 79.9. The Hall–Kier alpha value is -0.570. The van der Waals surface area contributed by atoms with E-state index in [4.69, 9.17) is 0 Å². The first-order chi connectivity index (χ1) is 7.80. The Kier molecular flexibility index (Phi) is 4.99. The van der Waals surface area contributed by atoms with Crippen LogP contribution in [0.25, 0.3) is 0 Å². The standard InChI is InChI=1S/C14H23BrN2/c1-10(2)7-14(4,5)9-17-13-6-11(3)12(15)8-16-13/h6,8,10H,7,9H2,1-5H3,(H,16,17). The Morgan fingerprint density at radius 2 is 2.06 bits per heavy atom. The number of halogens is 1. The lowest BCUT2D eigenvalue weighted by Crippen LogP contribution is -2.25. The monoisotopic (exact) mass is 298 g/mol. The van der Waals surface area contributed by atoms with E-state index in [0.29, 0.717) is 5.41 Å². The van der Waals surface area contributed by atoms with Gasteiger partial charge in [-0.15, -0.1) is 0 Å². The Morgan fingerprint density at radius 3 is 2.59 bits per heavy atom. The van der Waals surface area contributed by atoms with Crippen LogP contribution in [0.2, 0.25) is 0 Å². The van der Waals surface area contributed by atoms with E-state index in [1.807, 2.05) is 6.20 Å². The maximum Gasteiger partial charge on any atom is 0.126 e. The maximum atomic E-state index is 4.36. The van der Waals surface area contributed by atoms with Gasteiger partial charge in [-0.1, -0.05) is 27.7 Å². The van der Waals surface area contributed by atoms with Gasteiger partial charge in [0.1, 0.15) is 5.82 Å². The topological polar surface area (TPSA) is 24.9 Å². The molecule has 2 nitrogen and oxygen atoms in total. The molecule has 0 saturated carbocycles. The van der Waals surface area contributed by atoms with Crippen LogP contribution in [0.3, 0.4) is 0 Å². The second kappa shape index (κ2) is 5.85. The first-order valence-electron chi connectivity index (χ1n) is 6.16. The van der Waals surface area contributed by atoms with Gasteiger partial charge in [0, 0.05) is 17.2 Å². The van der Waals surface area contributed by atoms with Crippen LogP contribution in [-0.4, -0.2) is 11.5 Å². The Labute approximate surface area is 113 Å². The predicted octanol–water partition coefficient (Wildman–Crippen LogP) is 4.64. The molecule has 3 heteroatoms. The number of hydrogen-bond acceptors (Lipinski definition) is 2. The molecule has 0 aliphatic rings. The number of rotatable bonds is 5. The van der Waals surface area contributed by atoms with E-state index in [9.17, 15) is 0 Å². The molecule has 0 fully saturated rings. The quantitative estimate of drug-likeness (QED) is 0.857. The van der Waals surface area contributed by atoms with Crippen molar-refractivity contribution < 1.29 is 0 Å². The predicted molar refractivity (Wildman–Crippen MR) is 78.4 cm³/mol. The molecule has 1 rings (SSSR count). The maximum absolute atomic E-state index is 4.36. The van der Waals surface area contributed by atoms with E-state index >= 15 is 0 Å². The Balaban J connectivity index is 2.58. The van der Waals surface area contributed by atoms with Gasteiger partial charge in [-0.05, 0) is 52.2 Å². The summed E-state index contributed by atoms with van der Waals surface area (Å²) in [6.07, 6.45) is 3.07. The minimum atomic E-state index is 0.302. The highest BCUT2D eigenvalue weighted by Gasteiger charge is 2.19. The third kappa shape index (κ3) is 5.07. The molecule has 0 unspecified atom stereocenters. The van der Waals surface area contributed by atoms with Crippen molar-refractivity contribution in [1.29, 1.82) is 0 Å². The van der Waals surface area contributed by atoms with Crippen LogP contribution in [0, 0.1) is 18.3 Å². The minimum absolute atomic E-state index is 0.302. The number of nitrogens with zero attached hydrogens (tertiary/aromatic N) is 1. The summed E-state index contributed by atoms with van der Waals surface area (Å²) in [4.78, 5) is 4.36. The first kappa shape index (κ1) is 14.5. The fraction of sp³-hybridized carbons (Fsp3) is 0.643. The van der Waals surface area contributed by atoms with Gasteiger partial charge < -0.3 is 5.32 Å². The van der Waals surface area contributed by atoms with E-state index < -0.39 is 0 Å². The zero-order valence-electron chi connectivity index (χ0n) is 11.5. The number of hydrogen-bond donors (Lipinski definition) is 1. The average Bonchev–Trinajstić information content (AvgIpc) is 2.18. The van der Waals surface area contributed by atoms with Crippen LogP contribution in [-0.2, 0) is 0 Å². The van der Waals surface area contributed by atoms with Crippen molar-refractivity contribution in [3.8, 4) is 0 Å². The first-order valence-corrected chi connectivity index (χ1v) is 6.95. The second-order valence-electron chi connectivity index (χ2n) is 5.93. The lowest BCUT2D eigenvalue weighted by Gasteiger charge is -2.27. The molecule has 0 saturated heterocycles. The van der Waals surface area contributed by atoms with Gasteiger partial charge in [0.2, 0.25) is 0 Å². The molecular formula is C14H23BrN2. The molecule has 0 aromatic carbocycles. The number of aromatic nitrogens is 1. The number of nitrogens with one attached hydrogen (secondary N) is 1. The van der Waals surface area contributed by atoms with Crippen LogP contribution >= 0.6 is 15.9 Å². The summed E-state index contributed by atoms with van der Waals surface area (Å²) in [6.45, 7) is 12.2. The normalized spacial score (nSPS) is 11.9. The Morgan fingerprint density at radius 1 is 1.41 bits per heavy atom. The van der Waals surface area contributed by atoms with Crippen molar-refractivity contribution in [2.24, 2.45) is 11.3 Å². The molecule has 1 aromatic heterocycles. The van der Waals surface area contributed by atoms with E-state index in [0.717, 1.165) is 22.8 Å². The summed E-state index contributed by atoms with van der Waals surface area (Å²) in [5, 5.41) is 3.43. The molecule has 0 aliphatic heterocycles.